The lowest BCUT2D eigenvalue weighted by Crippen LogP contribution is -2.08. The largest absolute Gasteiger partial charge is 0.0955 e. The second-order valence-corrected chi connectivity index (χ2v) is 7.71. The van der Waals surface area contributed by atoms with Crippen LogP contribution in [0.3, 0.4) is 0 Å². The van der Waals surface area contributed by atoms with Crippen molar-refractivity contribution in [2.45, 2.75) is 47.0 Å². The molecule has 1 aliphatic rings. The summed E-state index contributed by atoms with van der Waals surface area (Å²) in [5.74, 6) is 0. The minimum absolute atomic E-state index is 0.220. The third-order valence-corrected chi connectivity index (χ3v) is 4.64. The number of hydrogen-bond acceptors (Lipinski definition) is 0. The van der Waals surface area contributed by atoms with E-state index in [4.69, 9.17) is 0 Å². The summed E-state index contributed by atoms with van der Waals surface area (Å²) in [5, 5.41) is 0. The molecule has 0 fully saturated rings. The number of rotatable bonds is 5. The molecule has 2 rings (SSSR count). The maximum absolute atomic E-state index is 4.33. The van der Waals surface area contributed by atoms with Gasteiger partial charge in [-0.25, -0.2) is 0 Å². The predicted octanol–water partition coefficient (Wildman–Crippen LogP) is 7.07. The third kappa shape index (κ3) is 4.71. The highest BCUT2D eigenvalue weighted by Gasteiger charge is 2.16. The SMILES string of the molecule is C=C(CCc1ccccc1C(=C)C)C1=CC=C(C(C)(C)C)CC=C1. The fourth-order valence-electron chi connectivity index (χ4n) is 3.00. The van der Waals surface area contributed by atoms with E-state index in [1.54, 1.807) is 0 Å². The number of allylic oxidation sites excluding steroid dienone is 8. The molecule has 0 heterocycles. The molecule has 0 saturated heterocycles. The molecular weight excluding hydrogens is 288 g/mol. The molecular formula is C24H30. The van der Waals surface area contributed by atoms with Gasteiger partial charge in [-0.15, -0.1) is 0 Å². The molecule has 1 aliphatic carbocycles. The van der Waals surface area contributed by atoms with Gasteiger partial charge in [-0.05, 0) is 53.9 Å². The maximum Gasteiger partial charge on any atom is -0.0127 e. The molecule has 0 atom stereocenters. The third-order valence-electron chi connectivity index (χ3n) is 4.64. The first-order valence-corrected chi connectivity index (χ1v) is 8.79. The van der Waals surface area contributed by atoms with Crippen LogP contribution < -0.4 is 0 Å². The molecule has 0 bridgehead atoms. The van der Waals surface area contributed by atoms with Crippen molar-refractivity contribution in [3.8, 4) is 0 Å². The van der Waals surface area contributed by atoms with Gasteiger partial charge in [0, 0.05) is 0 Å². The van der Waals surface area contributed by atoms with E-state index in [9.17, 15) is 0 Å². The number of hydrogen-bond donors (Lipinski definition) is 0. The molecule has 1 aromatic rings. The van der Waals surface area contributed by atoms with Gasteiger partial charge in [0.25, 0.3) is 0 Å². The van der Waals surface area contributed by atoms with Crippen LogP contribution in [0.1, 0.15) is 51.7 Å². The Hall–Kier alpha value is -2.08. The fraction of sp³-hybridized carbons (Fsp3) is 0.333. The van der Waals surface area contributed by atoms with E-state index in [-0.39, 0.29) is 5.41 Å². The van der Waals surface area contributed by atoms with E-state index >= 15 is 0 Å². The molecule has 0 N–H and O–H groups in total. The van der Waals surface area contributed by atoms with Gasteiger partial charge in [0.05, 0.1) is 0 Å². The summed E-state index contributed by atoms with van der Waals surface area (Å²) >= 11 is 0. The fourth-order valence-corrected chi connectivity index (χ4v) is 3.00. The average molecular weight is 319 g/mol. The van der Waals surface area contributed by atoms with Crippen LogP contribution in [0.4, 0.5) is 0 Å². The van der Waals surface area contributed by atoms with E-state index < -0.39 is 0 Å². The molecule has 1 aromatic carbocycles. The van der Waals surface area contributed by atoms with Crippen LogP contribution in [0.25, 0.3) is 5.57 Å². The van der Waals surface area contributed by atoms with Crippen molar-refractivity contribution in [2.24, 2.45) is 5.41 Å². The topological polar surface area (TPSA) is 0 Å². The van der Waals surface area contributed by atoms with Crippen molar-refractivity contribution in [3.63, 3.8) is 0 Å². The second kappa shape index (κ2) is 7.66. The van der Waals surface area contributed by atoms with E-state index in [0.717, 1.165) is 24.8 Å². The summed E-state index contributed by atoms with van der Waals surface area (Å²) in [6.07, 6.45) is 12.0. The molecule has 0 nitrogen and oxygen atoms in total. The first kappa shape index (κ1) is 18.3. The van der Waals surface area contributed by atoms with Gasteiger partial charge in [-0.3, -0.25) is 0 Å². The van der Waals surface area contributed by atoms with E-state index in [1.807, 2.05) is 0 Å². The average Bonchev–Trinajstić information content (AvgIpc) is 2.78. The molecule has 126 valence electrons. The molecule has 0 spiro atoms. The highest BCUT2D eigenvalue weighted by Crippen LogP contribution is 2.31. The summed E-state index contributed by atoms with van der Waals surface area (Å²) in [6.45, 7) is 17.3. The number of benzene rings is 1. The van der Waals surface area contributed by atoms with Gasteiger partial charge in [-0.1, -0.05) is 93.6 Å². The monoisotopic (exact) mass is 318 g/mol. The second-order valence-electron chi connectivity index (χ2n) is 7.71. The van der Waals surface area contributed by atoms with Crippen molar-refractivity contribution in [1.29, 1.82) is 0 Å². The van der Waals surface area contributed by atoms with E-state index in [0.29, 0.717) is 0 Å². The van der Waals surface area contributed by atoms with Crippen LogP contribution in [0.2, 0.25) is 0 Å². The number of aryl methyl sites for hydroxylation is 1. The van der Waals surface area contributed by atoms with Crippen LogP contribution in [0.5, 0.6) is 0 Å². The summed E-state index contributed by atoms with van der Waals surface area (Å²) in [5.41, 5.74) is 7.90. The van der Waals surface area contributed by atoms with E-state index in [1.165, 1.54) is 27.8 Å². The quantitative estimate of drug-likeness (QED) is 0.544. The minimum atomic E-state index is 0.220. The molecule has 0 aromatic heterocycles. The van der Waals surface area contributed by atoms with Gasteiger partial charge in [0.1, 0.15) is 0 Å². The lowest BCUT2D eigenvalue weighted by atomic mass is 9.84. The lowest BCUT2D eigenvalue weighted by molar-refractivity contribution is 0.494. The molecule has 0 heteroatoms. The first-order chi connectivity index (χ1) is 11.3. The Morgan fingerprint density at radius 2 is 1.79 bits per heavy atom. The molecule has 0 unspecified atom stereocenters. The molecule has 0 aliphatic heterocycles. The van der Waals surface area contributed by atoms with Gasteiger partial charge in [0.15, 0.2) is 0 Å². The predicted molar refractivity (Wildman–Crippen MR) is 108 cm³/mol. The standard InChI is InChI=1S/C24H30/c1-18(2)23-13-8-7-10-21(23)15-14-19(3)20-11-9-12-22(17-16-20)24(4,5)6/h7-11,13,16-17H,1,3,12,14-15H2,2,4-6H3. The Morgan fingerprint density at radius 1 is 1.08 bits per heavy atom. The summed E-state index contributed by atoms with van der Waals surface area (Å²) < 4.78 is 0. The zero-order chi connectivity index (χ0) is 17.7. The Balaban J connectivity index is 2.10. The van der Waals surface area contributed by atoms with Crippen LogP contribution in [-0.2, 0) is 6.42 Å². The lowest BCUT2D eigenvalue weighted by Gasteiger charge is -2.21. The van der Waals surface area contributed by atoms with Gasteiger partial charge in [0.2, 0.25) is 0 Å². The summed E-state index contributed by atoms with van der Waals surface area (Å²) in [4.78, 5) is 0. The normalized spacial score (nSPS) is 14.7. The maximum atomic E-state index is 4.33. The Labute approximate surface area is 148 Å². The van der Waals surface area contributed by atoms with Crippen LogP contribution >= 0.6 is 0 Å². The van der Waals surface area contributed by atoms with Crippen molar-refractivity contribution >= 4 is 5.57 Å². The zero-order valence-electron chi connectivity index (χ0n) is 15.7. The van der Waals surface area contributed by atoms with Crippen molar-refractivity contribution in [1.82, 2.24) is 0 Å². The van der Waals surface area contributed by atoms with Gasteiger partial charge in [-0.2, -0.15) is 0 Å². The Morgan fingerprint density at radius 3 is 2.46 bits per heavy atom. The minimum Gasteiger partial charge on any atom is -0.0955 e. The van der Waals surface area contributed by atoms with E-state index in [2.05, 4.69) is 89.4 Å². The molecule has 0 saturated carbocycles. The van der Waals surface area contributed by atoms with Crippen LogP contribution in [0.15, 0.2) is 78.4 Å². The van der Waals surface area contributed by atoms with Crippen molar-refractivity contribution < 1.29 is 0 Å². The Bertz CT molecular complexity index is 715. The summed E-state index contributed by atoms with van der Waals surface area (Å²) in [6, 6.07) is 8.54. The van der Waals surface area contributed by atoms with Gasteiger partial charge >= 0.3 is 0 Å². The van der Waals surface area contributed by atoms with Crippen LogP contribution in [-0.4, -0.2) is 0 Å². The van der Waals surface area contributed by atoms with Crippen LogP contribution in [0, 0.1) is 5.41 Å². The highest BCUT2D eigenvalue weighted by atomic mass is 14.2. The molecule has 0 amide bonds. The highest BCUT2D eigenvalue weighted by molar-refractivity contribution is 5.64. The van der Waals surface area contributed by atoms with Crippen molar-refractivity contribution in [3.05, 3.63) is 89.6 Å². The van der Waals surface area contributed by atoms with Gasteiger partial charge < -0.3 is 0 Å². The molecule has 24 heavy (non-hydrogen) atoms. The molecule has 0 radical (unpaired) electrons. The zero-order valence-corrected chi connectivity index (χ0v) is 15.7. The Kier molecular flexibility index (Phi) is 5.83. The first-order valence-electron chi connectivity index (χ1n) is 8.79. The smallest absolute Gasteiger partial charge is 0.0127 e. The summed E-state index contributed by atoms with van der Waals surface area (Å²) in [7, 11) is 0. The van der Waals surface area contributed by atoms with Crippen molar-refractivity contribution in [2.75, 3.05) is 0 Å².